The lowest BCUT2D eigenvalue weighted by Crippen LogP contribution is -2.55. The first-order valence-electron chi connectivity index (χ1n) is 5.12. The molecule has 0 bridgehead atoms. The monoisotopic (exact) mass is 184 g/mol. The third kappa shape index (κ3) is 2.14. The van der Waals surface area contributed by atoms with Gasteiger partial charge in [-0.2, -0.15) is 0 Å². The molecule has 2 amide bonds. The number of nitrogens with zero attached hydrogens (tertiary/aromatic N) is 1. The van der Waals surface area contributed by atoms with Gasteiger partial charge in [0.1, 0.15) is 0 Å². The summed E-state index contributed by atoms with van der Waals surface area (Å²) in [5.74, 6) is 0. The minimum absolute atomic E-state index is 0.0696. The van der Waals surface area contributed by atoms with E-state index in [1.54, 1.807) is 4.90 Å². The number of rotatable bonds is 3. The summed E-state index contributed by atoms with van der Waals surface area (Å²) in [5.41, 5.74) is 0.317. The third-order valence-corrected chi connectivity index (χ3v) is 3.06. The van der Waals surface area contributed by atoms with Crippen LogP contribution in [-0.2, 0) is 0 Å². The Morgan fingerprint density at radius 2 is 2.23 bits per heavy atom. The number of urea groups is 1. The van der Waals surface area contributed by atoms with E-state index >= 15 is 0 Å². The average molecular weight is 184 g/mol. The fraction of sp³-hybridized carbons (Fsp3) is 0.900. The maximum atomic E-state index is 11.2. The van der Waals surface area contributed by atoms with E-state index in [2.05, 4.69) is 19.2 Å². The van der Waals surface area contributed by atoms with E-state index in [0.717, 1.165) is 19.5 Å². The fourth-order valence-corrected chi connectivity index (χ4v) is 2.14. The summed E-state index contributed by atoms with van der Waals surface area (Å²) in [4.78, 5) is 13.0. The van der Waals surface area contributed by atoms with Crippen LogP contribution in [0.3, 0.4) is 0 Å². The zero-order valence-corrected chi connectivity index (χ0v) is 8.89. The molecule has 13 heavy (non-hydrogen) atoms. The van der Waals surface area contributed by atoms with Crippen LogP contribution in [0, 0.1) is 5.41 Å². The van der Waals surface area contributed by atoms with Gasteiger partial charge >= 0.3 is 6.03 Å². The van der Waals surface area contributed by atoms with E-state index in [1.165, 1.54) is 12.8 Å². The molecule has 1 aliphatic rings. The molecule has 1 rings (SSSR count). The molecule has 0 aromatic carbocycles. The highest BCUT2D eigenvalue weighted by Crippen LogP contribution is 2.30. The summed E-state index contributed by atoms with van der Waals surface area (Å²) in [5, 5.41) is 2.95. The summed E-state index contributed by atoms with van der Waals surface area (Å²) in [6, 6.07) is 0.0696. The van der Waals surface area contributed by atoms with E-state index < -0.39 is 0 Å². The highest BCUT2D eigenvalue weighted by molar-refractivity contribution is 5.74. The minimum Gasteiger partial charge on any atom is -0.337 e. The Morgan fingerprint density at radius 3 is 2.69 bits per heavy atom. The van der Waals surface area contributed by atoms with Gasteiger partial charge in [-0.25, -0.2) is 4.79 Å². The zero-order valence-electron chi connectivity index (χ0n) is 8.89. The van der Waals surface area contributed by atoms with Crippen LogP contribution >= 0.6 is 0 Å². The van der Waals surface area contributed by atoms with Crippen molar-refractivity contribution in [3.63, 3.8) is 0 Å². The summed E-state index contributed by atoms with van der Waals surface area (Å²) in [6.45, 7) is 6.17. The van der Waals surface area contributed by atoms with E-state index in [1.807, 2.05) is 7.05 Å². The number of amides is 2. The van der Waals surface area contributed by atoms with Crippen LogP contribution in [0.4, 0.5) is 4.79 Å². The predicted octanol–water partition coefficient (Wildman–Crippen LogP) is 1.84. The Labute approximate surface area is 80.5 Å². The topological polar surface area (TPSA) is 32.3 Å². The zero-order chi connectivity index (χ0) is 9.90. The van der Waals surface area contributed by atoms with Crippen molar-refractivity contribution in [3.8, 4) is 0 Å². The van der Waals surface area contributed by atoms with Crippen molar-refractivity contribution in [2.24, 2.45) is 5.41 Å². The molecule has 1 atom stereocenters. The van der Waals surface area contributed by atoms with Crippen LogP contribution in [0.15, 0.2) is 0 Å². The first-order valence-corrected chi connectivity index (χ1v) is 5.12. The van der Waals surface area contributed by atoms with Gasteiger partial charge in [-0.15, -0.1) is 0 Å². The minimum atomic E-state index is 0.0696. The molecule has 0 saturated carbocycles. The van der Waals surface area contributed by atoms with E-state index in [4.69, 9.17) is 0 Å². The molecule has 76 valence electrons. The SMILES string of the molecule is CCC[C@@]1(CC)CNC(=O)N(C)C1. The van der Waals surface area contributed by atoms with Crippen molar-refractivity contribution in [2.75, 3.05) is 20.1 Å². The van der Waals surface area contributed by atoms with Gasteiger partial charge in [0, 0.05) is 25.6 Å². The van der Waals surface area contributed by atoms with Crippen LogP contribution in [0.5, 0.6) is 0 Å². The molecule has 0 spiro atoms. The van der Waals surface area contributed by atoms with Gasteiger partial charge in [-0.1, -0.05) is 20.3 Å². The van der Waals surface area contributed by atoms with Gasteiger partial charge in [0.05, 0.1) is 0 Å². The number of nitrogens with one attached hydrogen (secondary N) is 1. The lowest BCUT2D eigenvalue weighted by atomic mass is 9.79. The van der Waals surface area contributed by atoms with Crippen LogP contribution in [0.2, 0.25) is 0 Å². The lowest BCUT2D eigenvalue weighted by Gasteiger charge is -2.41. The van der Waals surface area contributed by atoms with Crippen molar-refractivity contribution >= 4 is 6.03 Å². The lowest BCUT2D eigenvalue weighted by molar-refractivity contribution is 0.120. The molecule has 3 heteroatoms. The second kappa shape index (κ2) is 3.99. The Hall–Kier alpha value is -0.730. The molecule has 0 aromatic heterocycles. The van der Waals surface area contributed by atoms with Crippen LogP contribution in [0.1, 0.15) is 33.1 Å². The Morgan fingerprint density at radius 1 is 1.54 bits per heavy atom. The molecule has 1 aliphatic heterocycles. The largest absolute Gasteiger partial charge is 0.337 e. The standard InChI is InChI=1S/C10H20N2O/c1-4-6-10(5-2)7-11-9(13)12(3)8-10/h4-8H2,1-3H3,(H,11,13)/t10-/m0/s1. The fourth-order valence-electron chi connectivity index (χ4n) is 2.14. The second-order valence-electron chi connectivity index (χ2n) is 4.12. The molecule has 1 N–H and O–H groups in total. The molecular weight excluding hydrogens is 164 g/mol. The van der Waals surface area contributed by atoms with Crippen LogP contribution in [-0.4, -0.2) is 31.1 Å². The molecule has 1 fully saturated rings. The third-order valence-electron chi connectivity index (χ3n) is 3.06. The maximum absolute atomic E-state index is 11.2. The summed E-state index contributed by atoms with van der Waals surface area (Å²) < 4.78 is 0. The predicted molar refractivity (Wildman–Crippen MR) is 53.7 cm³/mol. The van der Waals surface area contributed by atoms with Crippen molar-refractivity contribution in [1.29, 1.82) is 0 Å². The average Bonchev–Trinajstić information content (AvgIpc) is 2.12. The van der Waals surface area contributed by atoms with E-state index in [9.17, 15) is 4.79 Å². The summed E-state index contributed by atoms with van der Waals surface area (Å²) in [6.07, 6.45) is 3.54. The van der Waals surface area contributed by atoms with Crippen LogP contribution < -0.4 is 5.32 Å². The summed E-state index contributed by atoms with van der Waals surface area (Å²) >= 11 is 0. The normalized spacial score (nSPS) is 28.8. The Kier molecular flexibility index (Phi) is 3.17. The molecule has 0 aliphatic carbocycles. The smallest absolute Gasteiger partial charge is 0.317 e. The second-order valence-corrected chi connectivity index (χ2v) is 4.12. The first kappa shape index (κ1) is 10.4. The van der Waals surface area contributed by atoms with E-state index in [0.29, 0.717) is 5.41 Å². The van der Waals surface area contributed by atoms with Crippen molar-refractivity contribution < 1.29 is 4.79 Å². The van der Waals surface area contributed by atoms with Crippen molar-refractivity contribution in [3.05, 3.63) is 0 Å². The summed E-state index contributed by atoms with van der Waals surface area (Å²) in [7, 11) is 1.87. The molecule has 1 saturated heterocycles. The van der Waals surface area contributed by atoms with E-state index in [-0.39, 0.29) is 6.03 Å². The highest BCUT2D eigenvalue weighted by atomic mass is 16.2. The molecule has 1 heterocycles. The number of carbonyl (C=O) groups excluding carboxylic acids is 1. The van der Waals surface area contributed by atoms with Crippen molar-refractivity contribution in [2.45, 2.75) is 33.1 Å². The Bertz CT molecular complexity index is 193. The van der Waals surface area contributed by atoms with Crippen molar-refractivity contribution in [1.82, 2.24) is 10.2 Å². The quantitative estimate of drug-likeness (QED) is 0.713. The van der Waals surface area contributed by atoms with Gasteiger partial charge < -0.3 is 10.2 Å². The Balaban J connectivity index is 2.62. The number of carbonyl (C=O) groups is 1. The molecule has 3 nitrogen and oxygen atoms in total. The van der Waals surface area contributed by atoms with Gasteiger partial charge in [-0.3, -0.25) is 0 Å². The number of hydrogen-bond donors (Lipinski definition) is 1. The molecule has 0 radical (unpaired) electrons. The van der Waals surface area contributed by atoms with Gasteiger partial charge in [0.2, 0.25) is 0 Å². The highest BCUT2D eigenvalue weighted by Gasteiger charge is 2.34. The van der Waals surface area contributed by atoms with Gasteiger partial charge in [-0.05, 0) is 12.8 Å². The van der Waals surface area contributed by atoms with Crippen LogP contribution in [0.25, 0.3) is 0 Å². The van der Waals surface area contributed by atoms with Gasteiger partial charge in [0.15, 0.2) is 0 Å². The molecule has 0 unspecified atom stereocenters. The maximum Gasteiger partial charge on any atom is 0.317 e. The molecule has 0 aromatic rings. The number of hydrogen-bond acceptors (Lipinski definition) is 1. The van der Waals surface area contributed by atoms with Gasteiger partial charge in [0.25, 0.3) is 0 Å². The first-order chi connectivity index (χ1) is 6.13. The molecular formula is C10H20N2O.